The van der Waals surface area contributed by atoms with Crippen molar-refractivity contribution < 1.29 is 32.8 Å². The average Bonchev–Trinajstić information content (AvgIpc) is 2.51. The van der Waals surface area contributed by atoms with Crippen molar-refractivity contribution in [1.82, 2.24) is 5.48 Å². The van der Waals surface area contributed by atoms with Gasteiger partial charge in [-0.15, -0.1) is 0 Å². The topological polar surface area (TPSA) is 136 Å². The molecule has 0 fully saturated rings. The van der Waals surface area contributed by atoms with Crippen molar-refractivity contribution in [1.29, 1.82) is 0 Å². The summed E-state index contributed by atoms with van der Waals surface area (Å²) in [7, 11) is 0. The summed E-state index contributed by atoms with van der Waals surface area (Å²) in [5, 5.41) is 8.28. The maximum absolute atomic E-state index is 12.7. The van der Waals surface area contributed by atoms with E-state index >= 15 is 0 Å². The zero-order valence-electron chi connectivity index (χ0n) is 12.6. The fourth-order valence-electron chi connectivity index (χ4n) is 2.06. The summed E-state index contributed by atoms with van der Waals surface area (Å²) in [5.74, 6) is -2.78. The molecule has 134 valence electrons. The number of carbonyl (C=O) groups is 3. The van der Waals surface area contributed by atoms with E-state index in [1.165, 1.54) is 17.6 Å². The van der Waals surface area contributed by atoms with Crippen LogP contribution in [-0.2, 0) is 14.4 Å². The van der Waals surface area contributed by atoms with Gasteiger partial charge in [-0.25, -0.2) is 5.48 Å². The summed E-state index contributed by atoms with van der Waals surface area (Å²) < 4.78 is 38.2. The van der Waals surface area contributed by atoms with Gasteiger partial charge < -0.3 is 11.5 Å². The first-order chi connectivity index (χ1) is 11.0. The minimum atomic E-state index is -4.82. The Kier molecular flexibility index (Phi) is 6.41. The lowest BCUT2D eigenvalue weighted by Gasteiger charge is -2.30. The Morgan fingerprint density at radius 2 is 1.83 bits per heavy atom. The molecule has 0 heterocycles. The Labute approximate surface area is 135 Å². The number of hydrogen-bond acceptors (Lipinski definition) is 6. The van der Waals surface area contributed by atoms with Crippen molar-refractivity contribution in [2.75, 3.05) is 0 Å². The highest BCUT2D eigenvalue weighted by molar-refractivity contribution is 6.37. The summed E-state index contributed by atoms with van der Waals surface area (Å²) in [4.78, 5) is 34.1. The normalized spacial score (nSPS) is 18.1. The molecule has 1 aliphatic carbocycles. The highest BCUT2D eigenvalue weighted by Crippen LogP contribution is 2.33. The van der Waals surface area contributed by atoms with Gasteiger partial charge in [-0.2, -0.15) is 13.2 Å². The highest BCUT2D eigenvalue weighted by atomic mass is 19.4. The van der Waals surface area contributed by atoms with E-state index in [2.05, 4.69) is 0 Å². The van der Waals surface area contributed by atoms with Crippen LogP contribution in [0.2, 0.25) is 0 Å². The van der Waals surface area contributed by atoms with Crippen LogP contribution >= 0.6 is 0 Å². The summed E-state index contributed by atoms with van der Waals surface area (Å²) in [5.41, 5.74) is 8.24. The van der Waals surface area contributed by atoms with Crippen LogP contribution < -0.4 is 16.9 Å². The molecule has 0 aromatic carbocycles. The third-order valence-electron chi connectivity index (χ3n) is 3.60. The van der Waals surface area contributed by atoms with Gasteiger partial charge in [0.1, 0.15) is 0 Å². The second-order valence-corrected chi connectivity index (χ2v) is 5.47. The molecule has 1 atom stereocenters. The van der Waals surface area contributed by atoms with Crippen LogP contribution in [0.1, 0.15) is 25.7 Å². The zero-order chi connectivity index (χ0) is 18.5. The predicted molar refractivity (Wildman–Crippen MR) is 76.3 cm³/mol. The molecule has 0 saturated heterocycles. The lowest BCUT2D eigenvalue weighted by molar-refractivity contribution is -0.172. The number of amides is 1. The van der Waals surface area contributed by atoms with Crippen LogP contribution in [0.4, 0.5) is 13.2 Å². The number of Topliss-reactive ketones (excluding diaryl/α,β-unsaturated/α-hetero) is 2. The Hall–Kier alpha value is -2.04. The smallest absolute Gasteiger partial charge is 0.302 e. The third kappa shape index (κ3) is 4.98. The number of carbonyl (C=O) groups excluding carboxylic acids is 3. The van der Waals surface area contributed by atoms with E-state index in [4.69, 9.17) is 16.7 Å². The van der Waals surface area contributed by atoms with E-state index in [1.807, 2.05) is 0 Å². The Bertz CT molecular complexity index is 582. The molecule has 0 aliphatic heterocycles. The van der Waals surface area contributed by atoms with Crippen LogP contribution in [0.25, 0.3) is 0 Å². The van der Waals surface area contributed by atoms with E-state index in [1.54, 1.807) is 0 Å². The van der Waals surface area contributed by atoms with E-state index in [-0.39, 0.29) is 31.3 Å². The van der Waals surface area contributed by atoms with E-state index < -0.39 is 35.2 Å². The zero-order valence-corrected chi connectivity index (χ0v) is 12.6. The molecule has 0 aromatic rings. The maximum atomic E-state index is 12.7. The van der Waals surface area contributed by atoms with Crippen LogP contribution in [0, 0.1) is 5.92 Å². The van der Waals surface area contributed by atoms with Gasteiger partial charge >= 0.3 is 6.18 Å². The number of allylic oxidation sites excluding steroid dienone is 2. The molecular formula is C14H18F3N3O4. The number of ketones is 2. The minimum Gasteiger partial charge on any atom is -0.302 e. The van der Waals surface area contributed by atoms with Crippen molar-refractivity contribution in [3.63, 3.8) is 0 Å². The molecular weight excluding hydrogens is 331 g/mol. The second-order valence-electron chi connectivity index (χ2n) is 5.47. The quantitative estimate of drug-likeness (QED) is 0.228. The third-order valence-corrected chi connectivity index (χ3v) is 3.60. The van der Waals surface area contributed by atoms with Gasteiger partial charge in [-0.3, -0.25) is 19.6 Å². The van der Waals surface area contributed by atoms with Crippen molar-refractivity contribution in [3.05, 3.63) is 23.8 Å². The van der Waals surface area contributed by atoms with Crippen molar-refractivity contribution >= 4 is 17.5 Å². The largest absolute Gasteiger partial charge is 0.423 e. The molecule has 0 spiro atoms. The molecule has 7 nitrogen and oxygen atoms in total. The minimum absolute atomic E-state index is 0.0776. The van der Waals surface area contributed by atoms with E-state index in [9.17, 15) is 27.6 Å². The highest BCUT2D eigenvalue weighted by Gasteiger charge is 2.51. The molecule has 0 radical (unpaired) electrons. The number of halogens is 3. The maximum Gasteiger partial charge on any atom is 0.423 e. The Morgan fingerprint density at radius 3 is 2.29 bits per heavy atom. The van der Waals surface area contributed by atoms with Gasteiger partial charge in [0, 0.05) is 19.3 Å². The molecule has 10 heteroatoms. The van der Waals surface area contributed by atoms with Gasteiger partial charge in [-0.05, 0) is 17.9 Å². The first-order valence-corrected chi connectivity index (χ1v) is 7.01. The van der Waals surface area contributed by atoms with Crippen LogP contribution in [-0.4, -0.2) is 34.5 Å². The fourth-order valence-corrected chi connectivity index (χ4v) is 2.06. The van der Waals surface area contributed by atoms with Gasteiger partial charge in [-0.1, -0.05) is 18.2 Å². The summed E-state index contributed by atoms with van der Waals surface area (Å²) in [6.45, 7) is 0. The van der Waals surface area contributed by atoms with Crippen molar-refractivity contribution in [3.8, 4) is 0 Å². The van der Waals surface area contributed by atoms with Crippen LogP contribution in [0.15, 0.2) is 23.8 Å². The summed E-state index contributed by atoms with van der Waals surface area (Å²) in [6.07, 6.45) is -2.00. The van der Waals surface area contributed by atoms with Crippen molar-refractivity contribution in [2.45, 2.75) is 37.5 Å². The van der Waals surface area contributed by atoms with Crippen LogP contribution in [0.3, 0.4) is 0 Å². The summed E-state index contributed by atoms with van der Waals surface area (Å²) >= 11 is 0. The monoisotopic (exact) mass is 349 g/mol. The number of hydroxylamine groups is 1. The number of nitrogens with two attached hydrogens (primary N) is 2. The lowest BCUT2D eigenvalue weighted by Crippen LogP contribution is -2.62. The first-order valence-electron chi connectivity index (χ1n) is 7.01. The SMILES string of the molecule is NC(N)(C1=CCC(CC(=O)C(=O)CCC(=O)NO)C=C1)C(F)(F)F. The number of hydrogen-bond donors (Lipinski definition) is 4. The molecule has 1 unspecified atom stereocenters. The number of rotatable bonds is 7. The number of nitrogens with one attached hydrogen (secondary N) is 1. The first kappa shape index (κ1) is 20.0. The second kappa shape index (κ2) is 7.69. The average molecular weight is 349 g/mol. The molecule has 1 aliphatic rings. The Balaban J connectivity index is 2.57. The molecule has 0 aromatic heterocycles. The molecule has 6 N–H and O–H groups in total. The lowest BCUT2D eigenvalue weighted by atomic mass is 9.87. The predicted octanol–water partition coefficient (Wildman–Crippen LogP) is 0.479. The Morgan fingerprint density at radius 1 is 1.21 bits per heavy atom. The van der Waals surface area contributed by atoms with Crippen LogP contribution in [0.5, 0.6) is 0 Å². The van der Waals surface area contributed by atoms with E-state index in [0.29, 0.717) is 0 Å². The van der Waals surface area contributed by atoms with Gasteiger partial charge in [0.2, 0.25) is 5.91 Å². The standard InChI is InChI=1S/C14H18F3N3O4/c15-14(16,17)13(18,19)9-3-1-8(2-4-9)7-11(22)10(21)5-6-12(23)20-24/h1,3-4,8,24H,2,5-7,18-19H2,(H,20,23). The van der Waals surface area contributed by atoms with Gasteiger partial charge in [0.25, 0.3) is 0 Å². The molecule has 0 bridgehead atoms. The van der Waals surface area contributed by atoms with E-state index in [0.717, 1.165) is 6.08 Å². The van der Waals surface area contributed by atoms with Gasteiger partial charge in [0.15, 0.2) is 17.2 Å². The molecule has 0 saturated carbocycles. The van der Waals surface area contributed by atoms with Crippen molar-refractivity contribution in [2.24, 2.45) is 17.4 Å². The molecule has 1 rings (SSSR count). The van der Waals surface area contributed by atoms with Gasteiger partial charge in [0.05, 0.1) is 0 Å². The fraction of sp³-hybridized carbons (Fsp3) is 0.500. The molecule has 24 heavy (non-hydrogen) atoms. The summed E-state index contributed by atoms with van der Waals surface area (Å²) in [6, 6.07) is 0. The molecule has 1 amide bonds. The number of alkyl halides is 3.